The van der Waals surface area contributed by atoms with Gasteiger partial charge in [-0.25, -0.2) is 4.98 Å². The molecule has 0 fully saturated rings. The van der Waals surface area contributed by atoms with E-state index in [-0.39, 0.29) is 11.2 Å². The standard InChI is InChI=1S/C20H19N5O2S/c1-3-16(19(26)21-12-8-10-13(27-2)11-9-12)28-20-23-18-17(24-25-20)14-6-4-5-7-15(14)22-18/h4-11,16H,3H2,1-2H3,(H,21,26)(H,22,23,25). The quantitative estimate of drug-likeness (QED) is 0.481. The number of para-hydroxylation sites is 1. The van der Waals surface area contributed by atoms with Gasteiger partial charge in [-0.15, -0.1) is 10.2 Å². The van der Waals surface area contributed by atoms with Crippen LogP contribution in [0.25, 0.3) is 22.1 Å². The predicted octanol–water partition coefficient (Wildman–Crippen LogP) is 4.02. The number of hydrogen-bond acceptors (Lipinski definition) is 6. The average Bonchev–Trinajstić information content (AvgIpc) is 3.10. The van der Waals surface area contributed by atoms with Gasteiger partial charge in [0.1, 0.15) is 11.3 Å². The van der Waals surface area contributed by atoms with Gasteiger partial charge in [0.25, 0.3) is 0 Å². The van der Waals surface area contributed by atoms with Gasteiger partial charge in [-0.1, -0.05) is 36.9 Å². The number of fused-ring (bicyclic) bond motifs is 3. The van der Waals surface area contributed by atoms with Crippen LogP contribution < -0.4 is 10.1 Å². The molecule has 7 nitrogen and oxygen atoms in total. The Morgan fingerprint density at radius 1 is 1.18 bits per heavy atom. The number of ether oxygens (including phenoxy) is 1. The predicted molar refractivity (Wildman–Crippen MR) is 111 cm³/mol. The zero-order chi connectivity index (χ0) is 19.5. The number of aromatic amines is 1. The number of methoxy groups -OCH3 is 1. The van der Waals surface area contributed by atoms with Crippen LogP contribution in [0.4, 0.5) is 5.69 Å². The van der Waals surface area contributed by atoms with Crippen LogP contribution in [0.3, 0.4) is 0 Å². The molecule has 0 spiro atoms. The Labute approximate surface area is 165 Å². The Hall–Kier alpha value is -3.13. The third-order valence-electron chi connectivity index (χ3n) is 4.37. The lowest BCUT2D eigenvalue weighted by Gasteiger charge is -2.13. The first-order chi connectivity index (χ1) is 13.7. The van der Waals surface area contributed by atoms with Gasteiger partial charge in [0.15, 0.2) is 5.65 Å². The summed E-state index contributed by atoms with van der Waals surface area (Å²) in [4.78, 5) is 20.5. The van der Waals surface area contributed by atoms with Crippen LogP contribution in [0.1, 0.15) is 13.3 Å². The molecular weight excluding hydrogens is 374 g/mol. The second kappa shape index (κ2) is 7.85. The summed E-state index contributed by atoms with van der Waals surface area (Å²) in [5, 5.41) is 12.6. The number of rotatable bonds is 6. The van der Waals surface area contributed by atoms with Gasteiger partial charge in [0, 0.05) is 16.6 Å². The van der Waals surface area contributed by atoms with Crippen LogP contribution in [-0.2, 0) is 4.79 Å². The molecule has 142 valence electrons. The summed E-state index contributed by atoms with van der Waals surface area (Å²) in [6.07, 6.45) is 0.640. The van der Waals surface area contributed by atoms with Crippen molar-refractivity contribution in [2.45, 2.75) is 23.8 Å². The Kier molecular flexibility index (Phi) is 5.12. The molecule has 4 rings (SSSR count). The van der Waals surface area contributed by atoms with Crippen molar-refractivity contribution in [1.82, 2.24) is 20.2 Å². The molecule has 28 heavy (non-hydrogen) atoms. The summed E-state index contributed by atoms with van der Waals surface area (Å²) in [6, 6.07) is 15.1. The van der Waals surface area contributed by atoms with Gasteiger partial charge in [-0.2, -0.15) is 0 Å². The van der Waals surface area contributed by atoms with Crippen molar-refractivity contribution in [2.75, 3.05) is 12.4 Å². The summed E-state index contributed by atoms with van der Waals surface area (Å²) in [7, 11) is 1.61. The molecule has 0 saturated carbocycles. The number of thioether (sulfide) groups is 1. The maximum absolute atomic E-state index is 12.7. The zero-order valence-electron chi connectivity index (χ0n) is 15.5. The van der Waals surface area contributed by atoms with Crippen molar-refractivity contribution >= 4 is 45.4 Å². The molecule has 0 bridgehead atoms. The second-order valence-corrected chi connectivity index (χ2v) is 7.36. The largest absolute Gasteiger partial charge is 0.497 e. The van der Waals surface area contributed by atoms with Crippen molar-refractivity contribution in [1.29, 1.82) is 0 Å². The minimum Gasteiger partial charge on any atom is -0.497 e. The van der Waals surface area contributed by atoms with Crippen molar-refractivity contribution in [3.63, 3.8) is 0 Å². The van der Waals surface area contributed by atoms with Gasteiger partial charge >= 0.3 is 0 Å². The van der Waals surface area contributed by atoms with E-state index in [2.05, 4.69) is 25.5 Å². The fraction of sp³-hybridized carbons (Fsp3) is 0.200. The zero-order valence-corrected chi connectivity index (χ0v) is 16.3. The van der Waals surface area contributed by atoms with Crippen molar-refractivity contribution in [3.05, 3.63) is 48.5 Å². The normalized spacial score (nSPS) is 12.2. The third kappa shape index (κ3) is 3.63. The molecule has 2 N–H and O–H groups in total. The summed E-state index contributed by atoms with van der Waals surface area (Å²) in [5.74, 6) is 0.642. The molecule has 0 saturated heterocycles. The molecule has 0 aliphatic carbocycles. The molecule has 1 atom stereocenters. The number of nitrogens with one attached hydrogen (secondary N) is 2. The molecule has 8 heteroatoms. The van der Waals surface area contributed by atoms with Gasteiger partial charge in [-0.3, -0.25) is 4.79 Å². The van der Waals surface area contributed by atoms with E-state index >= 15 is 0 Å². The Morgan fingerprint density at radius 2 is 1.96 bits per heavy atom. The summed E-state index contributed by atoms with van der Waals surface area (Å²) < 4.78 is 5.14. The highest BCUT2D eigenvalue weighted by Gasteiger charge is 2.20. The lowest BCUT2D eigenvalue weighted by molar-refractivity contribution is -0.115. The minimum absolute atomic E-state index is 0.0991. The van der Waals surface area contributed by atoms with E-state index in [0.29, 0.717) is 17.2 Å². The molecule has 2 heterocycles. The second-order valence-electron chi connectivity index (χ2n) is 6.19. The number of aromatic nitrogens is 4. The highest BCUT2D eigenvalue weighted by Crippen LogP contribution is 2.27. The van der Waals surface area contributed by atoms with Crippen LogP contribution in [0, 0.1) is 0 Å². The van der Waals surface area contributed by atoms with Crippen molar-refractivity contribution < 1.29 is 9.53 Å². The SMILES string of the molecule is CCC(Sc1nnc2c(n1)[nH]c1ccccc12)C(=O)Nc1ccc(OC)cc1. The van der Waals surface area contributed by atoms with Crippen molar-refractivity contribution in [2.24, 2.45) is 0 Å². The summed E-state index contributed by atoms with van der Waals surface area (Å²) in [6.45, 7) is 1.96. The molecule has 0 radical (unpaired) electrons. The maximum Gasteiger partial charge on any atom is 0.237 e. The number of anilines is 1. The van der Waals surface area contributed by atoms with E-state index in [4.69, 9.17) is 4.74 Å². The maximum atomic E-state index is 12.7. The van der Waals surface area contributed by atoms with Crippen LogP contribution in [-0.4, -0.2) is 38.4 Å². The lowest BCUT2D eigenvalue weighted by Crippen LogP contribution is -2.24. The molecule has 2 aromatic carbocycles. The number of amides is 1. The van der Waals surface area contributed by atoms with Gasteiger partial charge in [0.2, 0.25) is 11.1 Å². The fourth-order valence-electron chi connectivity index (χ4n) is 2.90. The van der Waals surface area contributed by atoms with Crippen LogP contribution in [0.15, 0.2) is 53.7 Å². The smallest absolute Gasteiger partial charge is 0.237 e. The lowest BCUT2D eigenvalue weighted by atomic mass is 10.2. The van der Waals surface area contributed by atoms with E-state index < -0.39 is 0 Å². The number of hydrogen-bond donors (Lipinski definition) is 2. The molecule has 0 aliphatic rings. The monoisotopic (exact) mass is 393 g/mol. The first-order valence-corrected chi connectivity index (χ1v) is 9.78. The van der Waals surface area contributed by atoms with Gasteiger partial charge in [0.05, 0.1) is 12.4 Å². The molecule has 2 aromatic heterocycles. The Morgan fingerprint density at radius 3 is 2.71 bits per heavy atom. The fourth-order valence-corrected chi connectivity index (χ4v) is 3.72. The molecule has 4 aromatic rings. The van der Waals surface area contributed by atoms with E-state index in [0.717, 1.165) is 27.9 Å². The number of carbonyl (C=O) groups excluding carboxylic acids is 1. The van der Waals surface area contributed by atoms with Gasteiger partial charge in [-0.05, 0) is 36.8 Å². The molecule has 1 unspecified atom stereocenters. The minimum atomic E-state index is -0.328. The third-order valence-corrected chi connectivity index (χ3v) is 5.59. The van der Waals surface area contributed by atoms with E-state index in [1.54, 1.807) is 19.2 Å². The topological polar surface area (TPSA) is 92.8 Å². The summed E-state index contributed by atoms with van der Waals surface area (Å²) in [5.41, 5.74) is 3.08. The van der Waals surface area contributed by atoms with Crippen LogP contribution in [0.5, 0.6) is 5.75 Å². The van der Waals surface area contributed by atoms with Gasteiger partial charge < -0.3 is 15.0 Å². The number of nitrogens with zero attached hydrogens (tertiary/aromatic N) is 3. The molecule has 0 aliphatic heterocycles. The summed E-state index contributed by atoms with van der Waals surface area (Å²) >= 11 is 1.31. The molecule has 1 amide bonds. The first kappa shape index (κ1) is 18.2. The Bertz CT molecular complexity index is 1130. The first-order valence-electron chi connectivity index (χ1n) is 8.90. The highest BCUT2D eigenvalue weighted by atomic mass is 32.2. The van der Waals surface area contributed by atoms with Crippen LogP contribution >= 0.6 is 11.8 Å². The van der Waals surface area contributed by atoms with E-state index in [9.17, 15) is 4.79 Å². The molecular formula is C20H19N5O2S. The van der Waals surface area contributed by atoms with Crippen LogP contribution in [0.2, 0.25) is 0 Å². The average molecular weight is 393 g/mol. The Balaban J connectivity index is 1.51. The number of benzene rings is 2. The number of carbonyl (C=O) groups is 1. The van der Waals surface area contributed by atoms with Crippen molar-refractivity contribution in [3.8, 4) is 5.75 Å². The number of H-pyrrole nitrogens is 1. The van der Waals surface area contributed by atoms with E-state index in [1.807, 2.05) is 43.3 Å². The van der Waals surface area contributed by atoms with E-state index in [1.165, 1.54) is 11.8 Å². The highest BCUT2D eigenvalue weighted by molar-refractivity contribution is 8.00.